The highest BCUT2D eigenvalue weighted by Crippen LogP contribution is 2.38. The molecule has 2 aromatic rings. The van der Waals surface area contributed by atoms with Crippen LogP contribution < -0.4 is 9.47 Å². The Morgan fingerprint density at radius 3 is 2.53 bits per heavy atom. The number of aryl methyl sites for hydroxylation is 1. The van der Waals surface area contributed by atoms with Crippen molar-refractivity contribution in [2.75, 3.05) is 13.2 Å². The van der Waals surface area contributed by atoms with E-state index in [1.165, 1.54) is 16.7 Å². The monoisotopic (exact) mass is 318 g/mol. The Bertz CT molecular complexity index is 595. The van der Waals surface area contributed by atoms with Crippen molar-refractivity contribution in [1.82, 2.24) is 0 Å². The molecule has 1 atom stereocenters. The summed E-state index contributed by atoms with van der Waals surface area (Å²) in [4.78, 5) is 0.171. The highest BCUT2D eigenvalue weighted by molar-refractivity contribution is 9.09. The molecule has 1 aliphatic heterocycles. The molecule has 3 rings (SSSR count). The van der Waals surface area contributed by atoms with E-state index in [9.17, 15) is 0 Å². The largest absolute Gasteiger partial charge is 0.486 e. The Labute approximate surface area is 121 Å². The van der Waals surface area contributed by atoms with Crippen molar-refractivity contribution in [1.29, 1.82) is 0 Å². The topological polar surface area (TPSA) is 18.5 Å². The van der Waals surface area contributed by atoms with E-state index >= 15 is 0 Å². The number of hydrogen-bond donors (Lipinski definition) is 0. The van der Waals surface area contributed by atoms with E-state index in [2.05, 4.69) is 59.3 Å². The van der Waals surface area contributed by atoms with Crippen molar-refractivity contribution in [3.05, 3.63) is 59.2 Å². The first-order chi connectivity index (χ1) is 9.25. The zero-order valence-corrected chi connectivity index (χ0v) is 12.3. The lowest BCUT2D eigenvalue weighted by Crippen LogP contribution is -2.15. The molecule has 0 spiro atoms. The zero-order chi connectivity index (χ0) is 13.2. The Morgan fingerprint density at radius 2 is 1.74 bits per heavy atom. The maximum atomic E-state index is 5.63. The van der Waals surface area contributed by atoms with Crippen molar-refractivity contribution in [2.24, 2.45) is 0 Å². The van der Waals surface area contributed by atoms with Crippen molar-refractivity contribution < 1.29 is 9.47 Å². The fourth-order valence-corrected chi connectivity index (χ4v) is 3.07. The Morgan fingerprint density at radius 1 is 1.00 bits per heavy atom. The third-order valence-electron chi connectivity index (χ3n) is 3.32. The second kappa shape index (κ2) is 5.25. The molecule has 2 nitrogen and oxygen atoms in total. The van der Waals surface area contributed by atoms with Gasteiger partial charge in [-0.15, -0.1) is 0 Å². The van der Waals surface area contributed by atoms with Gasteiger partial charge in [-0.05, 0) is 35.7 Å². The standard InChI is InChI=1S/C16H15BrO2/c1-11-4-2-3-5-13(11)16(17)12-6-7-14-15(10-12)19-9-8-18-14/h2-7,10,16H,8-9H2,1H3. The van der Waals surface area contributed by atoms with Crippen molar-refractivity contribution in [3.63, 3.8) is 0 Å². The number of fused-ring (bicyclic) bond motifs is 1. The zero-order valence-electron chi connectivity index (χ0n) is 10.7. The molecule has 1 heterocycles. The molecule has 0 aromatic heterocycles. The number of benzene rings is 2. The molecule has 0 saturated carbocycles. The summed E-state index contributed by atoms with van der Waals surface area (Å²) in [5, 5.41) is 0. The van der Waals surface area contributed by atoms with Gasteiger partial charge in [0.25, 0.3) is 0 Å². The van der Waals surface area contributed by atoms with Gasteiger partial charge in [0.2, 0.25) is 0 Å². The SMILES string of the molecule is Cc1ccccc1C(Br)c1ccc2c(c1)OCCO2. The van der Waals surface area contributed by atoms with Crippen molar-refractivity contribution in [3.8, 4) is 11.5 Å². The summed E-state index contributed by atoms with van der Waals surface area (Å²) in [5.74, 6) is 1.67. The Hall–Kier alpha value is -1.48. The highest BCUT2D eigenvalue weighted by atomic mass is 79.9. The van der Waals surface area contributed by atoms with E-state index in [1.54, 1.807) is 0 Å². The summed E-state index contributed by atoms with van der Waals surface area (Å²) in [5.41, 5.74) is 3.73. The predicted octanol–water partition coefficient (Wildman–Crippen LogP) is 4.25. The molecule has 0 fully saturated rings. The lowest BCUT2D eigenvalue weighted by Gasteiger charge is -2.20. The summed E-state index contributed by atoms with van der Waals surface area (Å²) in [6.07, 6.45) is 0. The number of halogens is 1. The van der Waals surface area contributed by atoms with Crippen LogP contribution in [0.2, 0.25) is 0 Å². The molecule has 0 amide bonds. The maximum Gasteiger partial charge on any atom is 0.161 e. The molecule has 0 aliphatic carbocycles. The van der Waals surface area contributed by atoms with E-state index in [0.29, 0.717) is 13.2 Å². The van der Waals surface area contributed by atoms with Crippen molar-refractivity contribution >= 4 is 15.9 Å². The molecular formula is C16H15BrO2. The Balaban J connectivity index is 1.96. The number of alkyl halides is 1. The molecule has 19 heavy (non-hydrogen) atoms. The first-order valence-electron chi connectivity index (χ1n) is 6.35. The minimum Gasteiger partial charge on any atom is -0.486 e. The van der Waals surface area contributed by atoms with Gasteiger partial charge in [0.05, 0.1) is 4.83 Å². The first kappa shape index (κ1) is 12.5. The molecule has 2 aromatic carbocycles. The predicted molar refractivity (Wildman–Crippen MR) is 79.4 cm³/mol. The summed E-state index contributed by atoms with van der Waals surface area (Å²) in [7, 11) is 0. The van der Waals surface area contributed by atoms with E-state index in [0.717, 1.165) is 11.5 Å². The minimum atomic E-state index is 0.171. The highest BCUT2D eigenvalue weighted by Gasteiger charge is 2.17. The van der Waals surface area contributed by atoms with Crippen LogP contribution in [0.25, 0.3) is 0 Å². The molecule has 0 radical (unpaired) electrons. The number of rotatable bonds is 2. The lowest BCUT2D eigenvalue weighted by atomic mass is 10.00. The molecular weight excluding hydrogens is 304 g/mol. The van der Waals surface area contributed by atoms with Gasteiger partial charge in [-0.1, -0.05) is 46.3 Å². The fourth-order valence-electron chi connectivity index (χ4n) is 2.27. The average Bonchev–Trinajstić information content (AvgIpc) is 2.46. The van der Waals surface area contributed by atoms with Gasteiger partial charge in [-0.2, -0.15) is 0 Å². The van der Waals surface area contributed by atoms with E-state index in [-0.39, 0.29) is 4.83 Å². The van der Waals surface area contributed by atoms with Gasteiger partial charge >= 0.3 is 0 Å². The van der Waals surface area contributed by atoms with Crippen LogP contribution in [0.15, 0.2) is 42.5 Å². The normalized spacial score (nSPS) is 15.1. The molecule has 98 valence electrons. The fraction of sp³-hybridized carbons (Fsp3) is 0.250. The number of hydrogen-bond acceptors (Lipinski definition) is 2. The molecule has 0 saturated heterocycles. The summed E-state index contributed by atoms with van der Waals surface area (Å²) in [6, 6.07) is 14.5. The molecule has 0 bridgehead atoms. The Kier molecular flexibility index (Phi) is 3.47. The summed E-state index contributed by atoms with van der Waals surface area (Å²) in [6.45, 7) is 3.37. The average molecular weight is 319 g/mol. The van der Waals surface area contributed by atoms with Gasteiger partial charge < -0.3 is 9.47 Å². The quantitative estimate of drug-likeness (QED) is 0.771. The summed E-state index contributed by atoms with van der Waals surface area (Å²) >= 11 is 3.78. The van der Waals surface area contributed by atoms with Crippen LogP contribution in [-0.4, -0.2) is 13.2 Å². The van der Waals surface area contributed by atoms with Crippen LogP contribution in [0.3, 0.4) is 0 Å². The van der Waals surface area contributed by atoms with Gasteiger partial charge in [0, 0.05) is 0 Å². The third-order valence-corrected chi connectivity index (χ3v) is 4.34. The van der Waals surface area contributed by atoms with Crippen LogP contribution in [0.4, 0.5) is 0 Å². The van der Waals surface area contributed by atoms with Gasteiger partial charge in [0.15, 0.2) is 11.5 Å². The molecule has 1 aliphatic rings. The number of ether oxygens (including phenoxy) is 2. The summed E-state index contributed by atoms with van der Waals surface area (Å²) < 4.78 is 11.2. The van der Waals surface area contributed by atoms with Crippen LogP contribution >= 0.6 is 15.9 Å². The van der Waals surface area contributed by atoms with Crippen LogP contribution in [-0.2, 0) is 0 Å². The van der Waals surface area contributed by atoms with Gasteiger partial charge in [-0.25, -0.2) is 0 Å². The molecule has 1 unspecified atom stereocenters. The van der Waals surface area contributed by atoms with Gasteiger partial charge in [0.1, 0.15) is 13.2 Å². The maximum absolute atomic E-state index is 5.63. The lowest BCUT2D eigenvalue weighted by molar-refractivity contribution is 0.171. The van der Waals surface area contributed by atoms with E-state index in [1.807, 2.05) is 6.07 Å². The second-order valence-electron chi connectivity index (χ2n) is 4.62. The minimum absolute atomic E-state index is 0.171. The first-order valence-corrected chi connectivity index (χ1v) is 7.26. The van der Waals surface area contributed by atoms with Crippen LogP contribution in [0, 0.1) is 6.92 Å². The van der Waals surface area contributed by atoms with Crippen molar-refractivity contribution in [2.45, 2.75) is 11.8 Å². The van der Waals surface area contributed by atoms with E-state index in [4.69, 9.17) is 9.47 Å². The van der Waals surface area contributed by atoms with Gasteiger partial charge in [-0.3, -0.25) is 0 Å². The third kappa shape index (κ3) is 2.47. The molecule has 0 N–H and O–H groups in total. The smallest absolute Gasteiger partial charge is 0.161 e. The van der Waals surface area contributed by atoms with E-state index < -0.39 is 0 Å². The second-order valence-corrected chi connectivity index (χ2v) is 5.54. The van der Waals surface area contributed by atoms with Crippen LogP contribution in [0.5, 0.6) is 11.5 Å². The van der Waals surface area contributed by atoms with Crippen LogP contribution in [0.1, 0.15) is 21.5 Å². The molecule has 3 heteroatoms.